The summed E-state index contributed by atoms with van der Waals surface area (Å²) in [5.41, 5.74) is 2.96. The number of cyclic esters (lactones) is 1. The van der Waals surface area contributed by atoms with Gasteiger partial charge in [-0.3, -0.25) is 14.5 Å². The fourth-order valence-corrected chi connectivity index (χ4v) is 3.74. The second-order valence-corrected chi connectivity index (χ2v) is 6.61. The summed E-state index contributed by atoms with van der Waals surface area (Å²) in [6.45, 7) is 1.70. The number of carbonyl (C=O) groups excluding carboxylic acids is 3. The quantitative estimate of drug-likeness (QED) is 0.621. The third kappa shape index (κ3) is 2.61. The van der Waals surface area contributed by atoms with Crippen molar-refractivity contribution in [1.29, 1.82) is 0 Å². The third-order valence-electron chi connectivity index (χ3n) is 5.15. The Bertz CT molecular complexity index is 1010. The third-order valence-corrected chi connectivity index (χ3v) is 5.15. The van der Waals surface area contributed by atoms with Crippen molar-refractivity contribution < 1.29 is 29.0 Å². The molecule has 2 aliphatic heterocycles. The Hall–Kier alpha value is -3.68. The van der Waals surface area contributed by atoms with Crippen LogP contribution in [0.3, 0.4) is 0 Å². The van der Waals surface area contributed by atoms with Gasteiger partial charge in [0.1, 0.15) is 6.61 Å². The number of rotatable bonds is 4. The zero-order chi connectivity index (χ0) is 20.0. The number of carboxylic acid groups (broad SMARTS) is 1. The molecule has 2 heterocycles. The Morgan fingerprint density at radius 1 is 1.11 bits per heavy atom. The molecule has 0 saturated carbocycles. The fraction of sp³-hybridized carbons (Fsp3) is 0.200. The topological polar surface area (TPSA) is 113 Å². The van der Waals surface area contributed by atoms with E-state index >= 15 is 0 Å². The number of esters is 1. The molecule has 0 fully saturated rings. The number of nitrogens with one attached hydrogen (secondary N) is 1. The van der Waals surface area contributed by atoms with Crippen molar-refractivity contribution in [2.24, 2.45) is 0 Å². The lowest BCUT2D eigenvalue weighted by atomic mass is 9.93. The van der Waals surface area contributed by atoms with Gasteiger partial charge >= 0.3 is 12.1 Å². The van der Waals surface area contributed by atoms with Crippen molar-refractivity contribution in [3.63, 3.8) is 0 Å². The van der Waals surface area contributed by atoms with Gasteiger partial charge in [0.15, 0.2) is 0 Å². The summed E-state index contributed by atoms with van der Waals surface area (Å²) in [6, 6.07) is 8.84. The average Bonchev–Trinajstić information content (AvgIpc) is 3.17. The number of hydrogen-bond donors (Lipinski definition) is 2. The van der Waals surface area contributed by atoms with Gasteiger partial charge in [-0.1, -0.05) is 18.2 Å². The van der Waals surface area contributed by atoms with E-state index in [9.17, 15) is 19.2 Å². The number of imide groups is 1. The van der Waals surface area contributed by atoms with E-state index in [0.717, 1.165) is 4.90 Å². The van der Waals surface area contributed by atoms with Crippen LogP contribution in [0.4, 0.5) is 4.79 Å². The summed E-state index contributed by atoms with van der Waals surface area (Å²) in [6.07, 6.45) is -1.26. The zero-order valence-corrected chi connectivity index (χ0v) is 14.9. The van der Waals surface area contributed by atoms with Gasteiger partial charge in [-0.05, 0) is 36.2 Å². The lowest BCUT2D eigenvalue weighted by molar-refractivity contribution is 0.0533. The summed E-state index contributed by atoms with van der Waals surface area (Å²) in [5, 5.41) is 11.3. The van der Waals surface area contributed by atoms with Crippen LogP contribution in [0.15, 0.2) is 36.4 Å². The van der Waals surface area contributed by atoms with Crippen LogP contribution in [-0.4, -0.2) is 40.4 Å². The van der Waals surface area contributed by atoms with Gasteiger partial charge in [0.25, 0.3) is 11.8 Å². The SMILES string of the molecule is Cc1c([C@H](CNC(=O)O)N2C(=O)c3ccccc3C2=O)ccc2c1COC2=O. The number of benzene rings is 2. The number of amides is 3. The summed E-state index contributed by atoms with van der Waals surface area (Å²) < 4.78 is 5.06. The molecule has 4 rings (SSSR count). The molecule has 0 aliphatic carbocycles. The maximum absolute atomic E-state index is 12.9. The first-order valence-electron chi connectivity index (χ1n) is 8.63. The van der Waals surface area contributed by atoms with Crippen LogP contribution in [0.5, 0.6) is 0 Å². The smallest absolute Gasteiger partial charge is 0.404 e. The van der Waals surface area contributed by atoms with E-state index in [1.54, 1.807) is 43.3 Å². The van der Waals surface area contributed by atoms with E-state index in [0.29, 0.717) is 22.3 Å². The van der Waals surface area contributed by atoms with E-state index in [4.69, 9.17) is 9.84 Å². The van der Waals surface area contributed by atoms with E-state index in [2.05, 4.69) is 5.32 Å². The maximum Gasteiger partial charge on any atom is 0.404 e. The zero-order valence-electron chi connectivity index (χ0n) is 14.9. The highest BCUT2D eigenvalue weighted by Crippen LogP contribution is 2.35. The number of ether oxygens (including phenoxy) is 1. The predicted molar refractivity (Wildman–Crippen MR) is 96.0 cm³/mol. The van der Waals surface area contributed by atoms with Gasteiger partial charge in [-0.25, -0.2) is 9.59 Å². The highest BCUT2D eigenvalue weighted by Gasteiger charge is 2.41. The molecule has 0 aromatic heterocycles. The monoisotopic (exact) mass is 380 g/mol. The van der Waals surface area contributed by atoms with Crippen LogP contribution in [0.25, 0.3) is 0 Å². The van der Waals surface area contributed by atoms with Crippen molar-refractivity contribution in [3.05, 3.63) is 69.8 Å². The number of hydrogen-bond acceptors (Lipinski definition) is 5. The molecule has 8 nitrogen and oxygen atoms in total. The second-order valence-electron chi connectivity index (χ2n) is 6.61. The molecular formula is C20H16N2O6. The lowest BCUT2D eigenvalue weighted by Gasteiger charge is -2.28. The number of fused-ring (bicyclic) bond motifs is 2. The van der Waals surface area contributed by atoms with Crippen LogP contribution >= 0.6 is 0 Å². The van der Waals surface area contributed by atoms with Crippen LogP contribution < -0.4 is 5.32 Å². The Morgan fingerprint density at radius 3 is 2.36 bits per heavy atom. The van der Waals surface area contributed by atoms with Gasteiger partial charge in [0.2, 0.25) is 0 Å². The van der Waals surface area contributed by atoms with Crippen molar-refractivity contribution in [3.8, 4) is 0 Å². The maximum atomic E-state index is 12.9. The van der Waals surface area contributed by atoms with Crippen LogP contribution in [-0.2, 0) is 11.3 Å². The number of carbonyl (C=O) groups is 4. The van der Waals surface area contributed by atoms with Crippen LogP contribution in [0.1, 0.15) is 53.8 Å². The minimum atomic E-state index is -1.26. The molecule has 0 bridgehead atoms. The molecule has 0 unspecified atom stereocenters. The molecule has 2 N–H and O–H groups in total. The van der Waals surface area contributed by atoms with Gasteiger partial charge in [0.05, 0.1) is 22.7 Å². The predicted octanol–water partition coefficient (Wildman–Crippen LogP) is 2.27. The van der Waals surface area contributed by atoms with Crippen molar-refractivity contribution in [2.75, 3.05) is 6.54 Å². The van der Waals surface area contributed by atoms with Crippen molar-refractivity contribution in [2.45, 2.75) is 19.6 Å². The molecule has 28 heavy (non-hydrogen) atoms. The Kier molecular flexibility index (Phi) is 4.11. The normalized spacial score (nSPS) is 15.9. The van der Waals surface area contributed by atoms with Gasteiger partial charge in [-0.2, -0.15) is 0 Å². The molecule has 8 heteroatoms. The van der Waals surface area contributed by atoms with Crippen molar-refractivity contribution >= 4 is 23.9 Å². The molecule has 0 saturated heterocycles. The van der Waals surface area contributed by atoms with Crippen LogP contribution in [0, 0.1) is 6.92 Å². The standard InChI is InChI=1S/C20H16N2O6/c1-10-11(6-7-14-15(10)9-28-19(14)25)16(8-21-20(26)27)22-17(23)12-4-2-3-5-13(12)18(22)24/h2-7,16,21H,8-9H2,1H3,(H,26,27)/t16-/m0/s1. The minimum absolute atomic E-state index is 0.106. The molecule has 3 amide bonds. The first-order chi connectivity index (χ1) is 13.4. The summed E-state index contributed by atoms with van der Waals surface area (Å²) in [4.78, 5) is 49.8. The van der Waals surface area contributed by atoms with Crippen LogP contribution in [0.2, 0.25) is 0 Å². The van der Waals surface area contributed by atoms with Crippen molar-refractivity contribution in [1.82, 2.24) is 10.2 Å². The molecule has 0 radical (unpaired) electrons. The first kappa shape index (κ1) is 17.7. The van der Waals surface area contributed by atoms with Gasteiger partial charge in [0, 0.05) is 12.1 Å². The summed E-state index contributed by atoms with van der Waals surface area (Å²) in [5.74, 6) is -1.39. The highest BCUT2D eigenvalue weighted by molar-refractivity contribution is 6.21. The van der Waals surface area contributed by atoms with E-state index in [1.165, 1.54) is 0 Å². The molecular weight excluding hydrogens is 364 g/mol. The largest absolute Gasteiger partial charge is 0.465 e. The lowest BCUT2D eigenvalue weighted by Crippen LogP contribution is -2.41. The minimum Gasteiger partial charge on any atom is -0.465 e. The van der Waals surface area contributed by atoms with Gasteiger partial charge < -0.3 is 15.2 Å². The summed E-state index contributed by atoms with van der Waals surface area (Å²) in [7, 11) is 0. The molecule has 142 valence electrons. The molecule has 2 aliphatic rings. The Morgan fingerprint density at radius 2 is 1.75 bits per heavy atom. The number of nitrogens with zero attached hydrogens (tertiary/aromatic N) is 1. The van der Waals surface area contributed by atoms with E-state index in [-0.39, 0.29) is 24.3 Å². The summed E-state index contributed by atoms with van der Waals surface area (Å²) >= 11 is 0. The molecule has 0 spiro atoms. The fourth-order valence-electron chi connectivity index (χ4n) is 3.74. The van der Waals surface area contributed by atoms with E-state index in [1.807, 2.05) is 0 Å². The Labute approximate surface area is 159 Å². The molecule has 1 atom stereocenters. The molecule has 2 aromatic carbocycles. The van der Waals surface area contributed by atoms with E-state index < -0.39 is 29.9 Å². The first-order valence-corrected chi connectivity index (χ1v) is 8.63. The highest BCUT2D eigenvalue weighted by atomic mass is 16.5. The second kappa shape index (κ2) is 6.49. The average molecular weight is 380 g/mol. The molecule has 2 aromatic rings. The van der Waals surface area contributed by atoms with Gasteiger partial charge in [-0.15, -0.1) is 0 Å². The Balaban J connectivity index is 1.80.